The molecule has 0 saturated heterocycles. The number of carbonyl (C=O) groups is 2. The van der Waals surface area contributed by atoms with Crippen LogP contribution in [-0.4, -0.2) is 18.4 Å². The van der Waals surface area contributed by atoms with Gasteiger partial charge in [-0.15, -0.1) is 0 Å². The standard InChI is InChI=1S/C24H23N3O2S/c1-17(28)25-21-9-3-4-10-22(21)26-24(29)19-12-14-20(15-13-19)30-27-16-6-8-18-7-2-5-11-23(18)27/h2-5,7,9-15H,6,8,16H2,1H3,(H,25,28)(H,26,29). The number of nitrogens with one attached hydrogen (secondary N) is 2. The van der Waals surface area contributed by atoms with Crippen LogP contribution in [0.5, 0.6) is 0 Å². The van der Waals surface area contributed by atoms with Gasteiger partial charge in [-0.05, 0) is 72.8 Å². The van der Waals surface area contributed by atoms with Crippen molar-refractivity contribution < 1.29 is 9.59 Å². The number of amides is 2. The summed E-state index contributed by atoms with van der Waals surface area (Å²) in [7, 11) is 0. The van der Waals surface area contributed by atoms with Gasteiger partial charge < -0.3 is 14.9 Å². The van der Waals surface area contributed by atoms with Crippen molar-refractivity contribution in [1.82, 2.24) is 0 Å². The topological polar surface area (TPSA) is 61.4 Å². The molecule has 0 aliphatic carbocycles. The van der Waals surface area contributed by atoms with Crippen molar-refractivity contribution in [3.63, 3.8) is 0 Å². The zero-order chi connectivity index (χ0) is 20.9. The Morgan fingerprint density at radius 3 is 2.27 bits per heavy atom. The lowest BCUT2D eigenvalue weighted by Crippen LogP contribution is -2.22. The van der Waals surface area contributed by atoms with Crippen LogP contribution >= 0.6 is 11.9 Å². The van der Waals surface area contributed by atoms with Crippen molar-refractivity contribution in [3.05, 3.63) is 83.9 Å². The van der Waals surface area contributed by atoms with Crippen molar-refractivity contribution >= 4 is 40.8 Å². The molecular formula is C24H23N3O2S. The fourth-order valence-electron chi connectivity index (χ4n) is 3.47. The van der Waals surface area contributed by atoms with Crippen molar-refractivity contribution in [2.24, 2.45) is 0 Å². The highest BCUT2D eigenvalue weighted by atomic mass is 32.2. The van der Waals surface area contributed by atoms with Crippen LogP contribution in [-0.2, 0) is 11.2 Å². The Kier molecular flexibility index (Phi) is 6.05. The second-order valence-corrected chi connectivity index (χ2v) is 8.23. The molecule has 1 aliphatic heterocycles. The van der Waals surface area contributed by atoms with Gasteiger partial charge in [0.05, 0.1) is 17.1 Å². The Hall–Kier alpha value is -3.25. The van der Waals surface area contributed by atoms with E-state index < -0.39 is 0 Å². The van der Waals surface area contributed by atoms with E-state index in [1.165, 1.54) is 18.2 Å². The summed E-state index contributed by atoms with van der Waals surface area (Å²) < 4.78 is 2.32. The van der Waals surface area contributed by atoms with Crippen molar-refractivity contribution in [1.29, 1.82) is 0 Å². The molecule has 0 aromatic heterocycles. The van der Waals surface area contributed by atoms with E-state index in [1.807, 2.05) is 36.4 Å². The normalized spacial score (nSPS) is 12.8. The minimum Gasteiger partial charge on any atom is -0.325 e. The van der Waals surface area contributed by atoms with E-state index in [9.17, 15) is 9.59 Å². The Bertz CT molecular complexity index is 1070. The summed E-state index contributed by atoms with van der Waals surface area (Å²) in [4.78, 5) is 25.1. The lowest BCUT2D eigenvalue weighted by Gasteiger charge is -2.29. The smallest absolute Gasteiger partial charge is 0.255 e. The molecule has 3 aromatic carbocycles. The second-order valence-electron chi connectivity index (χ2n) is 7.13. The van der Waals surface area contributed by atoms with Crippen LogP contribution in [0.1, 0.15) is 29.3 Å². The van der Waals surface area contributed by atoms with E-state index in [0.29, 0.717) is 16.9 Å². The molecule has 0 atom stereocenters. The van der Waals surface area contributed by atoms with Crippen LogP contribution in [0.25, 0.3) is 0 Å². The summed E-state index contributed by atoms with van der Waals surface area (Å²) in [6.07, 6.45) is 2.25. The highest BCUT2D eigenvalue weighted by Crippen LogP contribution is 2.35. The average molecular weight is 418 g/mol. The maximum Gasteiger partial charge on any atom is 0.255 e. The first-order valence-corrected chi connectivity index (χ1v) is 10.7. The van der Waals surface area contributed by atoms with E-state index in [-0.39, 0.29) is 11.8 Å². The van der Waals surface area contributed by atoms with Crippen molar-refractivity contribution in [2.75, 3.05) is 21.5 Å². The monoisotopic (exact) mass is 417 g/mol. The predicted molar refractivity (Wildman–Crippen MR) is 123 cm³/mol. The molecule has 0 bridgehead atoms. The number of para-hydroxylation sites is 3. The molecule has 5 nitrogen and oxygen atoms in total. The summed E-state index contributed by atoms with van der Waals surface area (Å²) in [6, 6.07) is 23.3. The largest absolute Gasteiger partial charge is 0.325 e. The van der Waals surface area contributed by atoms with Crippen LogP contribution < -0.4 is 14.9 Å². The number of hydrogen-bond donors (Lipinski definition) is 2. The summed E-state index contributed by atoms with van der Waals surface area (Å²) in [5, 5.41) is 5.61. The van der Waals surface area contributed by atoms with E-state index in [0.717, 1.165) is 24.3 Å². The third kappa shape index (κ3) is 4.66. The summed E-state index contributed by atoms with van der Waals surface area (Å²) >= 11 is 1.70. The molecule has 30 heavy (non-hydrogen) atoms. The molecule has 0 radical (unpaired) electrons. The molecule has 0 spiro atoms. The maximum absolute atomic E-state index is 12.7. The zero-order valence-corrected chi connectivity index (χ0v) is 17.5. The van der Waals surface area contributed by atoms with Gasteiger partial charge in [0.25, 0.3) is 5.91 Å². The SMILES string of the molecule is CC(=O)Nc1ccccc1NC(=O)c1ccc(SN2CCCc3ccccc32)cc1. The van der Waals surface area contributed by atoms with Gasteiger partial charge in [-0.1, -0.05) is 30.3 Å². The van der Waals surface area contributed by atoms with Gasteiger partial charge in [-0.3, -0.25) is 9.59 Å². The van der Waals surface area contributed by atoms with Crippen molar-refractivity contribution in [3.8, 4) is 0 Å². The van der Waals surface area contributed by atoms with Gasteiger partial charge in [0.2, 0.25) is 5.91 Å². The predicted octanol–water partition coefficient (Wildman–Crippen LogP) is 5.36. The quantitative estimate of drug-likeness (QED) is 0.549. The highest BCUT2D eigenvalue weighted by molar-refractivity contribution is 8.00. The third-order valence-corrected chi connectivity index (χ3v) is 5.97. The molecule has 1 heterocycles. The fraction of sp³-hybridized carbons (Fsp3) is 0.167. The Labute approximate surface area is 180 Å². The number of hydrogen-bond acceptors (Lipinski definition) is 4. The average Bonchev–Trinajstić information content (AvgIpc) is 2.75. The number of nitrogens with zero attached hydrogens (tertiary/aromatic N) is 1. The molecule has 0 unspecified atom stereocenters. The van der Waals surface area contributed by atoms with Gasteiger partial charge >= 0.3 is 0 Å². The molecule has 152 valence electrons. The highest BCUT2D eigenvalue weighted by Gasteiger charge is 2.17. The molecule has 2 amide bonds. The molecule has 3 aromatic rings. The molecule has 0 saturated carbocycles. The number of aryl methyl sites for hydroxylation is 1. The first-order chi connectivity index (χ1) is 14.6. The summed E-state index contributed by atoms with van der Waals surface area (Å²) in [6.45, 7) is 2.44. The van der Waals surface area contributed by atoms with Crippen LogP contribution in [0.3, 0.4) is 0 Å². The fourth-order valence-corrected chi connectivity index (χ4v) is 4.48. The van der Waals surface area contributed by atoms with E-state index in [4.69, 9.17) is 0 Å². The Morgan fingerprint density at radius 2 is 1.53 bits per heavy atom. The second kappa shape index (κ2) is 9.05. The third-order valence-electron chi connectivity index (χ3n) is 4.89. The lowest BCUT2D eigenvalue weighted by atomic mass is 10.0. The molecule has 0 fully saturated rings. The minimum atomic E-state index is -0.215. The first-order valence-electron chi connectivity index (χ1n) is 9.91. The van der Waals surface area contributed by atoms with Crippen LogP contribution in [0.15, 0.2) is 77.7 Å². The van der Waals surface area contributed by atoms with E-state index in [2.05, 4.69) is 39.2 Å². The van der Waals surface area contributed by atoms with Gasteiger partial charge in [0.1, 0.15) is 0 Å². The minimum absolute atomic E-state index is 0.183. The Balaban J connectivity index is 1.44. The molecular weight excluding hydrogens is 394 g/mol. The number of rotatable bonds is 5. The Morgan fingerprint density at radius 1 is 0.867 bits per heavy atom. The zero-order valence-electron chi connectivity index (χ0n) is 16.7. The van der Waals surface area contributed by atoms with Crippen LogP contribution in [0.2, 0.25) is 0 Å². The van der Waals surface area contributed by atoms with Crippen LogP contribution in [0, 0.1) is 0 Å². The summed E-state index contributed by atoms with van der Waals surface area (Å²) in [5.41, 5.74) is 4.36. The number of benzene rings is 3. The number of carbonyl (C=O) groups excluding carboxylic acids is 2. The lowest BCUT2D eigenvalue weighted by molar-refractivity contribution is -0.114. The van der Waals surface area contributed by atoms with E-state index >= 15 is 0 Å². The maximum atomic E-state index is 12.7. The molecule has 2 N–H and O–H groups in total. The van der Waals surface area contributed by atoms with Gasteiger partial charge in [-0.2, -0.15) is 0 Å². The van der Waals surface area contributed by atoms with E-state index in [1.54, 1.807) is 24.1 Å². The molecule has 4 rings (SSSR count). The number of anilines is 3. The van der Waals surface area contributed by atoms with Gasteiger partial charge in [0, 0.05) is 23.9 Å². The molecule has 1 aliphatic rings. The summed E-state index contributed by atoms with van der Waals surface area (Å²) in [5.74, 6) is -0.398. The number of fused-ring (bicyclic) bond motifs is 1. The molecule has 6 heteroatoms. The van der Waals surface area contributed by atoms with Gasteiger partial charge in [0.15, 0.2) is 0 Å². The van der Waals surface area contributed by atoms with Crippen LogP contribution in [0.4, 0.5) is 17.1 Å². The van der Waals surface area contributed by atoms with Gasteiger partial charge in [-0.25, -0.2) is 0 Å². The van der Waals surface area contributed by atoms with Crippen molar-refractivity contribution in [2.45, 2.75) is 24.7 Å². The first kappa shape index (κ1) is 20.0.